The number of hydrogen-bond donors (Lipinski definition) is 1. The van der Waals surface area contributed by atoms with Crippen molar-refractivity contribution >= 4 is 38.9 Å². The van der Waals surface area contributed by atoms with Crippen molar-refractivity contribution in [1.82, 2.24) is 10.3 Å². The number of benzene rings is 2. The number of thiocarbonyl (C=S) groups is 1. The molecule has 31 heavy (non-hydrogen) atoms. The van der Waals surface area contributed by atoms with Crippen molar-refractivity contribution in [3.63, 3.8) is 0 Å². The molecule has 0 amide bonds. The molecule has 4 aromatic rings. The van der Waals surface area contributed by atoms with Gasteiger partial charge >= 0.3 is 0 Å². The molecule has 154 valence electrons. The third-order valence-corrected chi connectivity index (χ3v) is 6.30. The summed E-state index contributed by atoms with van der Waals surface area (Å²) in [6.07, 6.45) is 1.81. The Morgan fingerprint density at radius 1 is 0.968 bits per heavy atom. The van der Waals surface area contributed by atoms with Gasteiger partial charge in [-0.25, -0.2) is 0 Å². The molecule has 1 saturated heterocycles. The van der Waals surface area contributed by atoms with Gasteiger partial charge in [-0.15, -0.1) is 0 Å². The standard InChI is InChI=1S/C25H20BrN3OS/c1-16-5-11-19(12-6-16)29-24(23(28-25(29)31)20-4-2-3-15-27-20)22-14-13-21(30-22)17-7-9-18(26)10-8-17/h2-15,23-24H,1H3,(H,28,31)/t23-,24+/m0/s1. The highest BCUT2D eigenvalue weighted by Gasteiger charge is 2.42. The Morgan fingerprint density at radius 3 is 2.45 bits per heavy atom. The zero-order chi connectivity index (χ0) is 21.4. The second kappa shape index (κ2) is 8.29. The summed E-state index contributed by atoms with van der Waals surface area (Å²) < 4.78 is 7.42. The van der Waals surface area contributed by atoms with Crippen LogP contribution in [0.2, 0.25) is 0 Å². The normalized spacial score (nSPS) is 18.3. The first-order valence-corrected chi connectivity index (χ1v) is 11.2. The van der Waals surface area contributed by atoms with Gasteiger partial charge in [-0.2, -0.15) is 0 Å². The van der Waals surface area contributed by atoms with Gasteiger partial charge in [0, 0.05) is 21.9 Å². The fourth-order valence-electron chi connectivity index (χ4n) is 3.91. The molecule has 0 radical (unpaired) electrons. The van der Waals surface area contributed by atoms with Gasteiger partial charge < -0.3 is 14.6 Å². The molecule has 1 aliphatic rings. The largest absolute Gasteiger partial charge is 0.459 e. The molecule has 2 aromatic heterocycles. The fourth-order valence-corrected chi connectivity index (χ4v) is 4.52. The van der Waals surface area contributed by atoms with Gasteiger partial charge in [0.2, 0.25) is 0 Å². The van der Waals surface area contributed by atoms with Crippen LogP contribution in [0.1, 0.15) is 29.1 Å². The second-order valence-electron chi connectivity index (χ2n) is 7.54. The molecule has 0 unspecified atom stereocenters. The number of rotatable bonds is 4. The molecular weight excluding hydrogens is 470 g/mol. The minimum Gasteiger partial charge on any atom is -0.459 e. The average molecular weight is 490 g/mol. The van der Waals surface area contributed by atoms with Gasteiger partial charge in [-0.05, 0) is 67.7 Å². The van der Waals surface area contributed by atoms with Gasteiger partial charge in [0.1, 0.15) is 17.6 Å². The number of pyridine rings is 1. The topological polar surface area (TPSA) is 41.3 Å². The molecule has 2 atom stereocenters. The highest BCUT2D eigenvalue weighted by atomic mass is 79.9. The summed E-state index contributed by atoms with van der Waals surface area (Å²) in [6, 6.07) is 26.2. The Labute approximate surface area is 195 Å². The molecule has 0 aliphatic carbocycles. The quantitative estimate of drug-likeness (QED) is 0.327. The molecular formula is C25H20BrN3OS. The molecule has 0 bridgehead atoms. The predicted octanol–water partition coefficient (Wildman–Crippen LogP) is 6.59. The molecule has 1 N–H and O–H groups in total. The SMILES string of the molecule is Cc1ccc(N2C(=S)N[C@@H](c3ccccn3)[C@H]2c2ccc(-c3ccc(Br)cc3)o2)cc1. The second-order valence-corrected chi connectivity index (χ2v) is 8.84. The van der Waals surface area contributed by atoms with Crippen LogP contribution in [0.15, 0.2) is 93.9 Å². The fraction of sp³-hybridized carbons (Fsp3) is 0.120. The van der Waals surface area contributed by atoms with Gasteiger partial charge in [0.15, 0.2) is 5.11 Å². The van der Waals surface area contributed by atoms with E-state index in [4.69, 9.17) is 16.6 Å². The van der Waals surface area contributed by atoms with Crippen LogP contribution < -0.4 is 10.2 Å². The maximum atomic E-state index is 6.38. The molecule has 0 spiro atoms. The lowest BCUT2D eigenvalue weighted by molar-refractivity contribution is 0.439. The Kier molecular flexibility index (Phi) is 5.34. The molecule has 1 aliphatic heterocycles. The molecule has 6 heteroatoms. The van der Waals surface area contributed by atoms with E-state index >= 15 is 0 Å². The molecule has 4 nitrogen and oxygen atoms in total. The number of nitrogens with zero attached hydrogens (tertiary/aromatic N) is 2. The lowest BCUT2D eigenvalue weighted by atomic mass is 10.0. The minimum atomic E-state index is -0.158. The van der Waals surface area contributed by atoms with E-state index in [1.54, 1.807) is 6.20 Å². The van der Waals surface area contributed by atoms with Gasteiger partial charge in [0.05, 0.1) is 11.7 Å². The number of aryl methyl sites for hydroxylation is 1. The summed E-state index contributed by atoms with van der Waals surface area (Å²) in [5, 5.41) is 4.13. The van der Waals surface area contributed by atoms with E-state index < -0.39 is 0 Å². The van der Waals surface area contributed by atoms with Crippen molar-refractivity contribution in [1.29, 1.82) is 0 Å². The Balaban J connectivity index is 1.59. The zero-order valence-electron chi connectivity index (χ0n) is 16.8. The van der Waals surface area contributed by atoms with Crippen molar-refractivity contribution in [3.8, 4) is 11.3 Å². The molecule has 5 rings (SSSR count). The van der Waals surface area contributed by atoms with Crippen LogP contribution in [0.4, 0.5) is 5.69 Å². The number of aromatic nitrogens is 1. The van der Waals surface area contributed by atoms with Crippen LogP contribution in [-0.2, 0) is 0 Å². The first-order valence-electron chi connectivity index (χ1n) is 10.0. The smallest absolute Gasteiger partial charge is 0.174 e. The molecule has 2 aromatic carbocycles. The Bertz CT molecular complexity index is 1210. The van der Waals surface area contributed by atoms with Crippen molar-refractivity contribution in [2.75, 3.05) is 4.90 Å². The Morgan fingerprint density at radius 2 is 1.74 bits per heavy atom. The van der Waals surface area contributed by atoms with E-state index in [0.717, 1.165) is 32.9 Å². The maximum absolute atomic E-state index is 6.38. The van der Waals surface area contributed by atoms with Gasteiger partial charge in [0.25, 0.3) is 0 Å². The van der Waals surface area contributed by atoms with Crippen molar-refractivity contribution < 1.29 is 4.42 Å². The number of hydrogen-bond acceptors (Lipinski definition) is 3. The van der Waals surface area contributed by atoms with E-state index in [2.05, 4.69) is 62.3 Å². The lowest BCUT2D eigenvalue weighted by Crippen LogP contribution is -2.29. The summed E-state index contributed by atoms with van der Waals surface area (Å²) in [7, 11) is 0. The first kappa shape index (κ1) is 20.0. The number of anilines is 1. The van der Waals surface area contributed by atoms with Crippen LogP contribution in [-0.4, -0.2) is 10.1 Å². The summed E-state index contributed by atoms with van der Waals surface area (Å²) in [4.78, 5) is 6.72. The van der Waals surface area contributed by atoms with Crippen LogP contribution in [0.5, 0.6) is 0 Å². The lowest BCUT2D eigenvalue weighted by Gasteiger charge is -2.26. The highest BCUT2D eigenvalue weighted by molar-refractivity contribution is 9.10. The van der Waals surface area contributed by atoms with Gasteiger partial charge in [-0.1, -0.05) is 51.8 Å². The summed E-state index contributed by atoms with van der Waals surface area (Å²) in [5.41, 5.74) is 4.17. The van der Waals surface area contributed by atoms with E-state index in [1.807, 2.05) is 54.6 Å². The third-order valence-electron chi connectivity index (χ3n) is 5.46. The third kappa shape index (κ3) is 3.89. The van der Waals surface area contributed by atoms with Crippen molar-refractivity contribution in [2.24, 2.45) is 0 Å². The number of halogens is 1. The number of nitrogens with one attached hydrogen (secondary N) is 1. The van der Waals surface area contributed by atoms with Crippen molar-refractivity contribution in [3.05, 3.63) is 107 Å². The van der Waals surface area contributed by atoms with Gasteiger partial charge in [-0.3, -0.25) is 4.98 Å². The van der Waals surface area contributed by atoms with E-state index in [0.29, 0.717) is 5.11 Å². The van der Waals surface area contributed by atoms with E-state index in [9.17, 15) is 0 Å². The van der Waals surface area contributed by atoms with E-state index in [-0.39, 0.29) is 12.1 Å². The van der Waals surface area contributed by atoms with Crippen LogP contribution in [0, 0.1) is 6.92 Å². The van der Waals surface area contributed by atoms with Crippen molar-refractivity contribution in [2.45, 2.75) is 19.0 Å². The predicted molar refractivity (Wildman–Crippen MR) is 131 cm³/mol. The van der Waals surface area contributed by atoms with Crippen LogP contribution >= 0.6 is 28.1 Å². The molecule has 3 heterocycles. The number of furan rings is 1. The monoisotopic (exact) mass is 489 g/mol. The summed E-state index contributed by atoms with van der Waals surface area (Å²) in [5.74, 6) is 1.66. The maximum Gasteiger partial charge on any atom is 0.174 e. The Hall–Kier alpha value is -2.96. The average Bonchev–Trinajstić information content (AvgIpc) is 3.40. The molecule has 0 saturated carbocycles. The summed E-state index contributed by atoms with van der Waals surface area (Å²) >= 11 is 9.25. The summed E-state index contributed by atoms with van der Waals surface area (Å²) in [6.45, 7) is 2.08. The molecule has 1 fully saturated rings. The zero-order valence-corrected chi connectivity index (χ0v) is 19.2. The van der Waals surface area contributed by atoms with E-state index in [1.165, 1.54) is 5.56 Å². The first-order chi connectivity index (χ1) is 15.1. The minimum absolute atomic E-state index is 0.126. The van der Waals surface area contributed by atoms with Crippen LogP contribution in [0.3, 0.4) is 0 Å². The van der Waals surface area contributed by atoms with Crippen LogP contribution in [0.25, 0.3) is 11.3 Å². The highest BCUT2D eigenvalue weighted by Crippen LogP contribution is 2.42.